The third-order valence-electron chi connectivity index (χ3n) is 5.45. The van der Waals surface area contributed by atoms with Gasteiger partial charge in [-0.05, 0) is 17.5 Å². The van der Waals surface area contributed by atoms with Crippen molar-refractivity contribution in [2.75, 3.05) is 5.32 Å². The molecule has 0 saturated heterocycles. The zero-order valence-electron chi connectivity index (χ0n) is 16.5. The van der Waals surface area contributed by atoms with Gasteiger partial charge in [0.05, 0.1) is 6.61 Å². The van der Waals surface area contributed by atoms with Gasteiger partial charge in [0, 0.05) is 5.92 Å². The number of nitriles is 1. The summed E-state index contributed by atoms with van der Waals surface area (Å²) < 4.78 is 62.6. The quantitative estimate of drug-likeness (QED) is 0.424. The minimum absolute atomic E-state index is 0.0403. The maximum absolute atomic E-state index is 14.3. The minimum Gasteiger partial charge on any atom is -0.360 e. The van der Waals surface area contributed by atoms with Gasteiger partial charge < -0.3 is 10.1 Å². The first kappa shape index (κ1) is 21.5. The third kappa shape index (κ3) is 3.72. The number of rotatable bonds is 6. The van der Waals surface area contributed by atoms with Crippen LogP contribution in [0.2, 0.25) is 0 Å². The van der Waals surface area contributed by atoms with Gasteiger partial charge in [-0.2, -0.15) is 5.26 Å². The van der Waals surface area contributed by atoms with Crippen LogP contribution in [-0.2, 0) is 16.1 Å². The summed E-state index contributed by atoms with van der Waals surface area (Å²) in [6.45, 7) is 0.0403. The first-order valence-corrected chi connectivity index (χ1v) is 9.69. The van der Waals surface area contributed by atoms with E-state index in [1.807, 2.05) is 11.4 Å². The van der Waals surface area contributed by atoms with Crippen LogP contribution in [0, 0.1) is 34.6 Å². The van der Waals surface area contributed by atoms with Crippen molar-refractivity contribution in [3.05, 3.63) is 101 Å². The van der Waals surface area contributed by atoms with Gasteiger partial charge in [0.15, 0.2) is 28.9 Å². The average Bonchev–Trinajstić information content (AvgIpc) is 3.57. The highest BCUT2D eigenvalue weighted by Gasteiger charge is 2.62. The SMILES string of the molecule is N#Cc1c(F)c(F)c(NC(=O)[C@@]2(OCc3ccccc3)C[C@H]2c2ccccc2)c(F)c1F. The summed E-state index contributed by atoms with van der Waals surface area (Å²) in [5, 5.41) is 10.7. The second kappa shape index (κ2) is 8.44. The van der Waals surface area contributed by atoms with Crippen molar-refractivity contribution in [1.82, 2.24) is 0 Å². The zero-order valence-corrected chi connectivity index (χ0v) is 16.5. The number of hydrogen-bond acceptors (Lipinski definition) is 3. The molecule has 1 aliphatic rings. The molecule has 0 spiro atoms. The van der Waals surface area contributed by atoms with Gasteiger partial charge in [0.2, 0.25) is 0 Å². The summed E-state index contributed by atoms with van der Waals surface area (Å²) in [5.74, 6) is -8.84. The van der Waals surface area contributed by atoms with E-state index in [1.54, 1.807) is 54.6 Å². The maximum Gasteiger partial charge on any atom is 0.257 e. The van der Waals surface area contributed by atoms with Gasteiger partial charge in [-0.25, -0.2) is 17.6 Å². The zero-order chi connectivity index (χ0) is 22.9. The molecule has 3 aromatic carbocycles. The second-order valence-corrected chi connectivity index (χ2v) is 7.40. The molecule has 0 bridgehead atoms. The molecular weight excluding hydrogens is 424 g/mol. The topological polar surface area (TPSA) is 62.1 Å². The van der Waals surface area contributed by atoms with Crippen molar-refractivity contribution in [3.8, 4) is 6.07 Å². The predicted molar refractivity (Wildman–Crippen MR) is 107 cm³/mol. The minimum atomic E-state index is -1.88. The van der Waals surface area contributed by atoms with Crippen molar-refractivity contribution in [1.29, 1.82) is 5.26 Å². The van der Waals surface area contributed by atoms with Gasteiger partial charge >= 0.3 is 0 Å². The van der Waals surface area contributed by atoms with Crippen LogP contribution in [0.25, 0.3) is 0 Å². The van der Waals surface area contributed by atoms with Crippen LogP contribution < -0.4 is 5.32 Å². The lowest BCUT2D eigenvalue weighted by molar-refractivity contribution is -0.131. The average molecular weight is 440 g/mol. The second-order valence-electron chi connectivity index (χ2n) is 7.40. The Morgan fingerprint density at radius 2 is 1.53 bits per heavy atom. The number of carbonyl (C=O) groups excluding carboxylic acids is 1. The number of benzene rings is 3. The highest BCUT2D eigenvalue weighted by atomic mass is 19.2. The molecule has 0 unspecified atom stereocenters. The molecule has 1 N–H and O–H groups in total. The van der Waals surface area contributed by atoms with E-state index >= 15 is 0 Å². The van der Waals surface area contributed by atoms with E-state index in [9.17, 15) is 22.4 Å². The van der Waals surface area contributed by atoms with Crippen LogP contribution in [0.1, 0.15) is 29.0 Å². The molecule has 162 valence electrons. The van der Waals surface area contributed by atoms with E-state index in [0.29, 0.717) is 0 Å². The number of amides is 1. The monoisotopic (exact) mass is 440 g/mol. The molecule has 32 heavy (non-hydrogen) atoms. The molecule has 0 radical (unpaired) electrons. The molecule has 8 heteroatoms. The molecule has 0 aliphatic heterocycles. The van der Waals surface area contributed by atoms with E-state index in [2.05, 4.69) is 0 Å². The summed E-state index contributed by atoms with van der Waals surface area (Å²) in [5.41, 5.74) is -2.65. The van der Waals surface area contributed by atoms with Crippen molar-refractivity contribution >= 4 is 11.6 Å². The molecular formula is C24H16F4N2O2. The lowest BCUT2D eigenvalue weighted by atomic mass is 10.1. The number of hydrogen-bond donors (Lipinski definition) is 1. The predicted octanol–water partition coefficient (Wildman–Crippen LogP) is 5.20. The fourth-order valence-electron chi connectivity index (χ4n) is 3.64. The highest BCUT2D eigenvalue weighted by Crippen LogP contribution is 2.55. The van der Waals surface area contributed by atoms with Crippen molar-refractivity contribution in [2.24, 2.45) is 0 Å². The highest BCUT2D eigenvalue weighted by molar-refractivity contribution is 6.01. The maximum atomic E-state index is 14.3. The summed E-state index contributed by atoms with van der Waals surface area (Å²) >= 11 is 0. The van der Waals surface area contributed by atoms with Gasteiger partial charge in [0.1, 0.15) is 17.3 Å². The Morgan fingerprint density at radius 1 is 0.969 bits per heavy atom. The van der Waals surface area contributed by atoms with Crippen LogP contribution in [0.15, 0.2) is 60.7 Å². The number of anilines is 1. The normalized spacial score (nSPS) is 19.3. The Bertz CT molecular complexity index is 1180. The molecule has 1 saturated carbocycles. The summed E-state index contributed by atoms with van der Waals surface area (Å²) in [6, 6.07) is 19.0. The van der Waals surface area contributed by atoms with Crippen LogP contribution in [0.3, 0.4) is 0 Å². The number of carbonyl (C=O) groups is 1. The number of nitrogens with zero attached hydrogens (tertiary/aromatic N) is 1. The first-order valence-electron chi connectivity index (χ1n) is 9.69. The summed E-state index contributed by atoms with van der Waals surface area (Å²) in [4.78, 5) is 13.1. The van der Waals surface area contributed by atoms with Gasteiger partial charge in [-0.15, -0.1) is 0 Å². The van der Waals surface area contributed by atoms with E-state index in [0.717, 1.165) is 17.2 Å². The number of ether oxygens (including phenoxy) is 1. The summed E-state index contributed by atoms with van der Waals surface area (Å²) in [7, 11) is 0. The standard InChI is InChI=1S/C24H16F4N2O2/c25-18-16(12-29)19(26)21(28)22(20(18)27)30-23(31)24(32-13-14-7-3-1-4-8-14)11-17(24)15-9-5-2-6-10-15/h1-10,17H,11,13H2,(H,30,31)/t17-,24+/m0/s1. The fraction of sp³-hybridized carbons (Fsp3) is 0.167. The van der Waals surface area contributed by atoms with Crippen LogP contribution in [-0.4, -0.2) is 11.5 Å². The van der Waals surface area contributed by atoms with Crippen molar-refractivity contribution in [3.63, 3.8) is 0 Å². The fourth-order valence-corrected chi connectivity index (χ4v) is 3.64. The van der Waals surface area contributed by atoms with Crippen molar-refractivity contribution < 1.29 is 27.1 Å². The Labute approximate surface area is 181 Å². The van der Waals surface area contributed by atoms with Crippen LogP contribution in [0.4, 0.5) is 23.2 Å². The Balaban J connectivity index is 1.66. The van der Waals surface area contributed by atoms with Gasteiger partial charge in [-0.1, -0.05) is 60.7 Å². The summed E-state index contributed by atoms with van der Waals surface area (Å²) in [6.07, 6.45) is 0.208. The Hall–Kier alpha value is -3.70. The lowest BCUT2D eigenvalue weighted by Gasteiger charge is -2.20. The largest absolute Gasteiger partial charge is 0.360 e. The third-order valence-corrected chi connectivity index (χ3v) is 5.45. The lowest BCUT2D eigenvalue weighted by Crippen LogP contribution is -2.35. The van der Waals surface area contributed by atoms with Crippen LogP contribution in [0.5, 0.6) is 0 Å². The number of nitrogens with one attached hydrogen (secondary N) is 1. The number of halogens is 4. The van der Waals surface area contributed by atoms with Gasteiger partial charge in [0.25, 0.3) is 5.91 Å². The molecule has 0 aromatic heterocycles. The molecule has 4 rings (SSSR count). The van der Waals surface area contributed by atoms with E-state index in [-0.39, 0.29) is 13.0 Å². The molecule has 0 heterocycles. The molecule has 4 nitrogen and oxygen atoms in total. The Morgan fingerprint density at radius 3 is 2.09 bits per heavy atom. The van der Waals surface area contributed by atoms with Gasteiger partial charge in [-0.3, -0.25) is 4.79 Å². The Kier molecular flexibility index (Phi) is 5.68. The van der Waals surface area contributed by atoms with Crippen molar-refractivity contribution in [2.45, 2.75) is 24.5 Å². The molecule has 1 aliphatic carbocycles. The van der Waals surface area contributed by atoms with Crippen LogP contribution >= 0.6 is 0 Å². The first-order chi connectivity index (χ1) is 15.4. The molecule has 2 atom stereocenters. The smallest absolute Gasteiger partial charge is 0.257 e. The van der Waals surface area contributed by atoms with E-state index < -0.39 is 51.9 Å². The van der Waals surface area contributed by atoms with E-state index in [4.69, 9.17) is 10.00 Å². The van der Waals surface area contributed by atoms with E-state index in [1.165, 1.54) is 0 Å². The molecule has 1 fully saturated rings. The molecule has 1 amide bonds. The molecule has 3 aromatic rings.